The largest absolute Gasteiger partial charge is 0.0917 e. The molecule has 76 valence electrons. The fraction of sp³-hybridized carbons (Fsp3) is 0. The van der Waals surface area contributed by atoms with E-state index in [0.717, 1.165) is 5.57 Å². The molecule has 3 rings (SSSR count). The third-order valence-electron chi connectivity index (χ3n) is 2.89. The molecule has 1 aliphatic carbocycles. The van der Waals surface area contributed by atoms with Gasteiger partial charge in [-0.1, -0.05) is 55.1 Å². The maximum atomic E-state index is 4.06. The van der Waals surface area contributed by atoms with Gasteiger partial charge in [-0.3, -0.25) is 0 Å². The molecular formula is C16H12. The summed E-state index contributed by atoms with van der Waals surface area (Å²) in [5, 5.41) is 5.06. The Bertz CT molecular complexity index is 699. The fourth-order valence-electron chi connectivity index (χ4n) is 2.18. The van der Waals surface area contributed by atoms with Crippen LogP contribution in [0.2, 0.25) is 0 Å². The maximum Gasteiger partial charge on any atom is -0.0105 e. The van der Waals surface area contributed by atoms with Crippen LogP contribution in [-0.2, 0) is 0 Å². The van der Waals surface area contributed by atoms with Crippen LogP contribution in [0.15, 0.2) is 60.7 Å². The van der Waals surface area contributed by atoms with E-state index in [1.165, 1.54) is 20.9 Å². The van der Waals surface area contributed by atoms with Gasteiger partial charge >= 0.3 is 0 Å². The smallest absolute Gasteiger partial charge is 0.0105 e. The zero-order valence-electron chi connectivity index (χ0n) is 8.98. The SMILES string of the molecule is C=C1C=c2ccccc2=c2ccccc2=C1. The molecule has 0 atom stereocenters. The highest BCUT2D eigenvalue weighted by Gasteiger charge is 1.94. The summed E-state index contributed by atoms with van der Waals surface area (Å²) in [6.07, 6.45) is 4.27. The van der Waals surface area contributed by atoms with Crippen LogP contribution in [0.25, 0.3) is 12.2 Å². The summed E-state index contributed by atoms with van der Waals surface area (Å²) in [5.41, 5.74) is 1.05. The van der Waals surface area contributed by atoms with Crippen LogP contribution in [0, 0.1) is 10.4 Å². The molecule has 0 aromatic heterocycles. The average molecular weight is 204 g/mol. The Hall–Kier alpha value is -2.08. The molecule has 0 bridgehead atoms. The molecule has 0 heterocycles. The Morgan fingerprint density at radius 1 is 0.625 bits per heavy atom. The lowest BCUT2D eigenvalue weighted by Crippen LogP contribution is -2.05. The molecule has 0 nitrogen and oxygen atoms in total. The predicted octanol–water partition coefficient (Wildman–Crippen LogP) is 2.10. The van der Waals surface area contributed by atoms with Crippen molar-refractivity contribution in [2.45, 2.75) is 0 Å². The summed E-state index contributed by atoms with van der Waals surface area (Å²) in [7, 11) is 0. The third kappa shape index (κ3) is 1.40. The molecule has 0 heteroatoms. The number of fused-ring (bicyclic) bond motifs is 2. The quantitative estimate of drug-likeness (QED) is 0.616. The minimum absolute atomic E-state index is 1.05. The van der Waals surface area contributed by atoms with Gasteiger partial charge in [0.1, 0.15) is 0 Å². The summed E-state index contributed by atoms with van der Waals surface area (Å²) >= 11 is 0. The third-order valence-corrected chi connectivity index (χ3v) is 2.89. The van der Waals surface area contributed by atoms with Crippen LogP contribution in [0.4, 0.5) is 0 Å². The average Bonchev–Trinajstić information content (AvgIpc) is 2.44. The molecule has 0 unspecified atom stereocenters. The van der Waals surface area contributed by atoms with E-state index in [4.69, 9.17) is 0 Å². The van der Waals surface area contributed by atoms with Crippen LogP contribution in [0.5, 0.6) is 0 Å². The number of hydrogen-bond acceptors (Lipinski definition) is 0. The maximum absolute atomic E-state index is 4.06. The first kappa shape index (κ1) is 9.17. The van der Waals surface area contributed by atoms with Crippen molar-refractivity contribution in [1.29, 1.82) is 0 Å². The van der Waals surface area contributed by atoms with E-state index < -0.39 is 0 Å². The molecular weight excluding hydrogens is 192 g/mol. The van der Waals surface area contributed by atoms with Gasteiger partial charge in [0, 0.05) is 0 Å². The van der Waals surface area contributed by atoms with Crippen molar-refractivity contribution in [1.82, 2.24) is 0 Å². The van der Waals surface area contributed by atoms with Crippen LogP contribution in [-0.4, -0.2) is 0 Å². The standard InChI is InChI=1S/C16H12/c1-12-10-13-6-2-4-8-15(13)16-9-5-3-7-14(16)11-12/h2-11H,1H2. The first-order valence-electron chi connectivity index (χ1n) is 5.41. The zero-order chi connectivity index (χ0) is 11.0. The van der Waals surface area contributed by atoms with E-state index in [1.54, 1.807) is 0 Å². The molecule has 2 aromatic rings. The Morgan fingerprint density at radius 2 is 1.06 bits per heavy atom. The minimum atomic E-state index is 1.05. The number of benzene rings is 2. The lowest BCUT2D eigenvalue weighted by Gasteiger charge is -1.90. The molecule has 0 spiro atoms. The van der Waals surface area contributed by atoms with Gasteiger partial charge in [-0.2, -0.15) is 0 Å². The summed E-state index contributed by atoms with van der Waals surface area (Å²) in [5.74, 6) is 0. The van der Waals surface area contributed by atoms with Gasteiger partial charge in [-0.25, -0.2) is 0 Å². The van der Waals surface area contributed by atoms with Crippen LogP contribution >= 0.6 is 0 Å². The minimum Gasteiger partial charge on any atom is -0.0917 e. The Kier molecular flexibility index (Phi) is 2.00. The normalized spacial score (nSPS) is 12.9. The molecule has 0 saturated heterocycles. The molecule has 16 heavy (non-hydrogen) atoms. The first-order chi connectivity index (χ1) is 7.84. The lowest BCUT2D eigenvalue weighted by molar-refractivity contribution is 1.41. The second kappa shape index (κ2) is 3.49. The van der Waals surface area contributed by atoms with E-state index in [0.29, 0.717) is 0 Å². The van der Waals surface area contributed by atoms with Crippen molar-refractivity contribution in [2.24, 2.45) is 0 Å². The number of allylic oxidation sites excluding steroid dienone is 1. The summed E-state index contributed by atoms with van der Waals surface area (Å²) in [4.78, 5) is 0. The molecule has 0 amide bonds. The van der Waals surface area contributed by atoms with Gasteiger partial charge in [0.25, 0.3) is 0 Å². The monoisotopic (exact) mass is 204 g/mol. The topological polar surface area (TPSA) is 0 Å². The molecule has 0 fully saturated rings. The second-order valence-electron chi connectivity index (χ2n) is 4.04. The predicted molar refractivity (Wildman–Crippen MR) is 67.9 cm³/mol. The summed E-state index contributed by atoms with van der Waals surface area (Å²) < 4.78 is 0. The van der Waals surface area contributed by atoms with E-state index >= 15 is 0 Å². The van der Waals surface area contributed by atoms with E-state index in [-0.39, 0.29) is 0 Å². The summed E-state index contributed by atoms with van der Waals surface area (Å²) in [6, 6.07) is 16.9. The van der Waals surface area contributed by atoms with Crippen molar-refractivity contribution >= 4 is 12.2 Å². The van der Waals surface area contributed by atoms with Gasteiger partial charge in [0.05, 0.1) is 0 Å². The highest BCUT2D eigenvalue weighted by atomic mass is 14.0. The molecule has 0 radical (unpaired) electrons. The van der Waals surface area contributed by atoms with Crippen LogP contribution in [0.3, 0.4) is 0 Å². The van der Waals surface area contributed by atoms with Gasteiger partial charge in [-0.05, 0) is 38.6 Å². The van der Waals surface area contributed by atoms with Crippen molar-refractivity contribution in [2.75, 3.05) is 0 Å². The van der Waals surface area contributed by atoms with E-state index in [9.17, 15) is 0 Å². The van der Waals surface area contributed by atoms with Gasteiger partial charge in [-0.15, -0.1) is 0 Å². The van der Waals surface area contributed by atoms with Crippen molar-refractivity contribution in [3.8, 4) is 0 Å². The van der Waals surface area contributed by atoms with Gasteiger partial charge < -0.3 is 0 Å². The Balaban J connectivity index is 2.76. The number of hydrogen-bond donors (Lipinski definition) is 0. The first-order valence-corrected chi connectivity index (χ1v) is 5.41. The Labute approximate surface area is 94.2 Å². The van der Waals surface area contributed by atoms with E-state index in [1.807, 2.05) is 0 Å². The fourth-order valence-corrected chi connectivity index (χ4v) is 2.18. The van der Waals surface area contributed by atoms with Gasteiger partial charge in [0.2, 0.25) is 0 Å². The van der Waals surface area contributed by atoms with Crippen LogP contribution in [0.1, 0.15) is 0 Å². The molecule has 0 aliphatic heterocycles. The van der Waals surface area contributed by atoms with Crippen molar-refractivity contribution < 1.29 is 0 Å². The molecule has 0 saturated carbocycles. The van der Waals surface area contributed by atoms with Crippen LogP contribution < -0.4 is 10.4 Å². The summed E-state index contributed by atoms with van der Waals surface area (Å²) in [6.45, 7) is 4.06. The molecule has 0 N–H and O–H groups in total. The van der Waals surface area contributed by atoms with Crippen molar-refractivity contribution in [3.05, 3.63) is 81.6 Å². The lowest BCUT2D eigenvalue weighted by atomic mass is 10.1. The van der Waals surface area contributed by atoms with E-state index in [2.05, 4.69) is 67.3 Å². The zero-order valence-corrected chi connectivity index (χ0v) is 8.98. The number of rotatable bonds is 0. The second-order valence-corrected chi connectivity index (χ2v) is 4.04. The van der Waals surface area contributed by atoms with Crippen molar-refractivity contribution in [3.63, 3.8) is 0 Å². The highest BCUT2D eigenvalue weighted by molar-refractivity contribution is 5.66. The van der Waals surface area contributed by atoms with Gasteiger partial charge in [0.15, 0.2) is 0 Å². The highest BCUT2D eigenvalue weighted by Crippen LogP contribution is 1.99. The Morgan fingerprint density at radius 3 is 1.56 bits per heavy atom. The molecule has 2 aromatic carbocycles. The molecule has 1 aliphatic rings.